The van der Waals surface area contributed by atoms with E-state index < -0.39 is 17.9 Å². The van der Waals surface area contributed by atoms with Crippen LogP contribution in [0.1, 0.15) is 19.5 Å². The third kappa shape index (κ3) is 3.59. The number of nitrogens with zero attached hydrogens (tertiary/aromatic N) is 2. The van der Waals surface area contributed by atoms with E-state index in [1.54, 1.807) is 20.0 Å². The zero-order valence-electron chi connectivity index (χ0n) is 12.1. The van der Waals surface area contributed by atoms with Crippen LogP contribution in [0.3, 0.4) is 0 Å². The second-order valence-corrected chi connectivity index (χ2v) is 4.46. The third-order valence-electron chi connectivity index (χ3n) is 2.97. The molecule has 2 heterocycles. The lowest BCUT2D eigenvalue weighted by Crippen LogP contribution is -2.30. The van der Waals surface area contributed by atoms with Crippen LogP contribution in [0.15, 0.2) is 30.6 Å². The number of carbonyl (C=O) groups excluding carboxylic acids is 2. The summed E-state index contributed by atoms with van der Waals surface area (Å²) in [4.78, 5) is 28.2. The molecule has 0 aliphatic heterocycles. The molecule has 0 atom stereocenters. The van der Waals surface area contributed by atoms with Crippen LogP contribution in [-0.2, 0) is 25.5 Å². The predicted molar refractivity (Wildman–Crippen MR) is 75.7 cm³/mol. The molecule has 0 radical (unpaired) electrons. The Kier molecular flexibility index (Phi) is 4.92. The second-order valence-electron chi connectivity index (χ2n) is 4.46. The van der Waals surface area contributed by atoms with E-state index in [0.717, 1.165) is 5.65 Å². The Balaban J connectivity index is 2.20. The minimum atomic E-state index is -0.977. The summed E-state index contributed by atoms with van der Waals surface area (Å²) in [6, 6.07) is 5.61. The number of rotatable bonds is 6. The average molecular weight is 290 g/mol. The van der Waals surface area contributed by atoms with E-state index in [0.29, 0.717) is 5.69 Å². The lowest BCUT2D eigenvalue weighted by atomic mass is 10.0. The molecule has 0 fully saturated rings. The molecule has 2 aromatic heterocycles. The Morgan fingerprint density at radius 3 is 2.43 bits per heavy atom. The number of imidazole rings is 1. The number of esters is 2. The van der Waals surface area contributed by atoms with Crippen LogP contribution < -0.4 is 0 Å². The smallest absolute Gasteiger partial charge is 0.320 e. The number of hydrogen-bond donors (Lipinski definition) is 0. The number of ether oxygens (including phenoxy) is 2. The van der Waals surface area contributed by atoms with Crippen molar-refractivity contribution in [3.05, 3.63) is 36.3 Å². The first-order valence-electron chi connectivity index (χ1n) is 6.91. The van der Waals surface area contributed by atoms with Crippen LogP contribution in [0, 0.1) is 5.92 Å². The van der Waals surface area contributed by atoms with Gasteiger partial charge in [-0.15, -0.1) is 0 Å². The molecule has 0 saturated heterocycles. The maximum absolute atomic E-state index is 11.9. The lowest BCUT2D eigenvalue weighted by Gasteiger charge is -2.12. The SMILES string of the molecule is CCOC(=O)C(Cc1cn2ccccc2n1)C(=O)OCC. The van der Waals surface area contributed by atoms with Crippen molar-refractivity contribution < 1.29 is 19.1 Å². The van der Waals surface area contributed by atoms with Gasteiger partial charge in [-0.2, -0.15) is 0 Å². The molecule has 2 aromatic rings. The second kappa shape index (κ2) is 6.88. The van der Waals surface area contributed by atoms with Crippen molar-refractivity contribution in [2.24, 2.45) is 5.92 Å². The maximum Gasteiger partial charge on any atom is 0.320 e. The van der Waals surface area contributed by atoms with Gasteiger partial charge in [0.15, 0.2) is 5.92 Å². The molecule has 0 aliphatic carbocycles. The highest BCUT2D eigenvalue weighted by atomic mass is 16.6. The normalized spacial score (nSPS) is 10.8. The van der Waals surface area contributed by atoms with Crippen molar-refractivity contribution >= 4 is 17.6 Å². The topological polar surface area (TPSA) is 69.9 Å². The molecule has 21 heavy (non-hydrogen) atoms. The summed E-state index contributed by atoms with van der Waals surface area (Å²) >= 11 is 0. The van der Waals surface area contributed by atoms with E-state index in [1.165, 1.54) is 0 Å². The van der Waals surface area contributed by atoms with Gasteiger partial charge in [0.2, 0.25) is 0 Å². The summed E-state index contributed by atoms with van der Waals surface area (Å²) in [6.07, 6.45) is 3.82. The summed E-state index contributed by atoms with van der Waals surface area (Å²) in [7, 11) is 0. The maximum atomic E-state index is 11.9. The third-order valence-corrected chi connectivity index (χ3v) is 2.97. The zero-order valence-corrected chi connectivity index (χ0v) is 12.1. The molecule has 6 nitrogen and oxygen atoms in total. The first-order valence-corrected chi connectivity index (χ1v) is 6.91. The quantitative estimate of drug-likeness (QED) is 0.597. The summed E-state index contributed by atoms with van der Waals surface area (Å²) in [5.74, 6) is -2.13. The van der Waals surface area contributed by atoms with E-state index in [9.17, 15) is 9.59 Å². The van der Waals surface area contributed by atoms with E-state index in [1.807, 2.05) is 28.8 Å². The van der Waals surface area contributed by atoms with Crippen LogP contribution in [0.5, 0.6) is 0 Å². The monoisotopic (exact) mass is 290 g/mol. The highest BCUT2D eigenvalue weighted by Gasteiger charge is 2.30. The van der Waals surface area contributed by atoms with Crippen LogP contribution in [0.2, 0.25) is 0 Å². The van der Waals surface area contributed by atoms with Crippen LogP contribution in [-0.4, -0.2) is 34.5 Å². The van der Waals surface area contributed by atoms with Crippen molar-refractivity contribution in [3.8, 4) is 0 Å². The number of hydrogen-bond acceptors (Lipinski definition) is 5. The summed E-state index contributed by atoms with van der Waals surface area (Å²) in [5.41, 5.74) is 1.41. The highest BCUT2D eigenvalue weighted by molar-refractivity contribution is 5.95. The zero-order chi connectivity index (χ0) is 15.2. The fourth-order valence-electron chi connectivity index (χ4n) is 2.04. The van der Waals surface area contributed by atoms with Gasteiger partial charge in [-0.3, -0.25) is 9.59 Å². The molecule has 112 valence electrons. The largest absolute Gasteiger partial charge is 0.465 e. The Labute approximate surface area is 122 Å². The fourth-order valence-corrected chi connectivity index (χ4v) is 2.04. The number of pyridine rings is 1. The molecule has 0 saturated carbocycles. The number of aromatic nitrogens is 2. The van der Waals surface area contributed by atoms with Crippen molar-refractivity contribution in [1.29, 1.82) is 0 Å². The molecule has 0 spiro atoms. The molecular formula is C15H18N2O4. The highest BCUT2D eigenvalue weighted by Crippen LogP contribution is 2.13. The Morgan fingerprint density at radius 1 is 1.19 bits per heavy atom. The standard InChI is InChI=1S/C15H18N2O4/c1-3-20-14(18)12(15(19)21-4-2)9-11-10-17-8-6-5-7-13(17)16-11/h5-8,10,12H,3-4,9H2,1-2H3. The van der Waals surface area contributed by atoms with Gasteiger partial charge in [-0.25, -0.2) is 4.98 Å². The van der Waals surface area contributed by atoms with Gasteiger partial charge in [0.25, 0.3) is 0 Å². The van der Waals surface area contributed by atoms with Crippen molar-refractivity contribution in [1.82, 2.24) is 9.38 Å². The summed E-state index contributed by atoms with van der Waals surface area (Å²) in [6.45, 7) is 3.84. The molecular weight excluding hydrogens is 272 g/mol. The van der Waals surface area contributed by atoms with E-state index in [4.69, 9.17) is 9.47 Å². The first kappa shape index (κ1) is 15.0. The Morgan fingerprint density at radius 2 is 1.86 bits per heavy atom. The van der Waals surface area contributed by atoms with Gasteiger partial charge in [0, 0.05) is 18.8 Å². The van der Waals surface area contributed by atoms with Crippen molar-refractivity contribution in [2.45, 2.75) is 20.3 Å². The molecule has 2 rings (SSSR count). The molecule has 0 aliphatic rings. The Bertz CT molecular complexity index is 584. The van der Waals surface area contributed by atoms with Gasteiger partial charge >= 0.3 is 11.9 Å². The predicted octanol–water partition coefficient (Wildman–Crippen LogP) is 1.62. The summed E-state index contributed by atoms with van der Waals surface area (Å²) in [5, 5.41) is 0. The van der Waals surface area contributed by atoms with Crippen molar-refractivity contribution in [2.75, 3.05) is 13.2 Å². The van der Waals surface area contributed by atoms with Gasteiger partial charge < -0.3 is 13.9 Å². The van der Waals surface area contributed by atoms with Crippen molar-refractivity contribution in [3.63, 3.8) is 0 Å². The van der Waals surface area contributed by atoms with Crippen LogP contribution in [0.4, 0.5) is 0 Å². The summed E-state index contributed by atoms with van der Waals surface area (Å²) < 4.78 is 11.7. The van der Waals surface area contributed by atoms with Crippen LogP contribution >= 0.6 is 0 Å². The van der Waals surface area contributed by atoms with E-state index >= 15 is 0 Å². The first-order chi connectivity index (χ1) is 10.2. The van der Waals surface area contributed by atoms with Gasteiger partial charge in [0.1, 0.15) is 5.65 Å². The number of fused-ring (bicyclic) bond motifs is 1. The minimum absolute atomic E-state index is 0.166. The van der Waals surface area contributed by atoms with Gasteiger partial charge in [-0.05, 0) is 26.0 Å². The molecule has 0 amide bonds. The molecule has 6 heteroatoms. The van der Waals surface area contributed by atoms with Gasteiger partial charge in [-0.1, -0.05) is 6.07 Å². The lowest BCUT2D eigenvalue weighted by molar-refractivity contribution is -0.161. The van der Waals surface area contributed by atoms with E-state index in [2.05, 4.69) is 4.98 Å². The van der Waals surface area contributed by atoms with Crippen LogP contribution in [0.25, 0.3) is 5.65 Å². The van der Waals surface area contributed by atoms with E-state index in [-0.39, 0.29) is 19.6 Å². The fraction of sp³-hybridized carbons (Fsp3) is 0.400. The Hall–Kier alpha value is -2.37. The molecule has 0 N–H and O–H groups in total. The van der Waals surface area contributed by atoms with Gasteiger partial charge in [0.05, 0.1) is 18.9 Å². The minimum Gasteiger partial charge on any atom is -0.465 e. The molecule has 0 unspecified atom stereocenters. The number of carbonyl (C=O) groups is 2. The molecule has 0 bridgehead atoms. The average Bonchev–Trinajstić information content (AvgIpc) is 2.87. The molecule has 0 aromatic carbocycles.